The third-order valence-corrected chi connectivity index (χ3v) is 3.60. The van der Waals surface area contributed by atoms with Crippen LogP contribution in [0.1, 0.15) is 21.8 Å². The van der Waals surface area contributed by atoms with E-state index in [9.17, 15) is 20.0 Å². The molecule has 0 aliphatic heterocycles. The van der Waals surface area contributed by atoms with Crippen molar-refractivity contribution in [2.24, 2.45) is 0 Å². The maximum atomic E-state index is 12.3. The van der Waals surface area contributed by atoms with Crippen molar-refractivity contribution in [3.8, 4) is 6.07 Å². The van der Waals surface area contributed by atoms with Gasteiger partial charge in [-0.1, -0.05) is 55.1 Å². The lowest BCUT2D eigenvalue weighted by Gasteiger charge is -2.24. The summed E-state index contributed by atoms with van der Waals surface area (Å²) in [5.41, 5.74) is 1.02. The van der Waals surface area contributed by atoms with E-state index in [-0.39, 0.29) is 5.57 Å². The van der Waals surface area contributed by atoms with Crippen LogP contribution in [0.4, 0.5) is 0 Å². The predicted molar refractivity (Wildman–Crippen MR) is 89.3 cm³/mol. The molecule has 5 nitrogen and oxygen atoms in total. The fraction of sp³-hybridized carbons (Fsp3) is 0.105. The van der Waals surface area contributed by atoms with Crippen LogP contribution >= 0.6 is 0 Å². The van der Waals surface area contributed by atoms with Gasteiger partial charge in [-0.05, 0) is 17.7 Å². The predicted octanol–water partition coefficient (Wildman–Crippen LogP) is 2.73. The third-order valence-electron chi connectivity index (χ3n) is 3.60. The normalized spacial score (nSPS) is 12.5. The number of carboxylic acids is 1. The highest BCUT2D eigenvalue weighted by Gasteiger charge is 2.33. The summed E-state index contributed by atoms with van der Waals surface area (Å²) in [4.78, 5) is 24.1. The van der Waals surface area contributed by atoms with Crippen molar-refractivity contribution in [1.29, 1.82) is 5.26 Å². The van der Waals surface area contributed by atoms with Gasteiger partial charge in [0.15, 0.2) is 0 Å². The van der Waals surface area contributed by atoms with Gasteiger partial charge in [0, 0.05) is 17.1 Å². The largest absolute Gasteiger partial charge is 0.480 e. The highest BCUT2D eigenvalue weighted by Crippen LogP contribution is 2.27. The summed E-state index contributed by atoms with van der Waals surface area (Å²) in [7, 11) is 0. The van der Waals surface area contributed by atoms with E-state index < -0.39 is 23.8 Å². The molecule has 2 rings (SSSR count). The number of carboxylic acid groups (broad SMARTS) is 1. The van der Waals surface area contributed by atoms with Crippen molar-refractivity contribution in [2.45, 2.75) is 12.0 Å². The van der Waals surface area contributed by atoms with Crippen LogP contribution in [0, 0.1) is 11.3 Å². The van der Waals surface area contributed by atoms with Crippen LogP contribution in [-0.2, 0) is 4.79 Å². The number of nitrogens with zero attached hydrogens (tertiary/aromatic N) is 1. The van der Waals surface area contributed by atoms with E-state index in [2.05, 4.69) is 11.9 Å². The first-order chi connectivity index (χ1) is 11.5. The zero-order chi connectivity index (χ0) is 17.5. The van der Waals surface area contributed by atoms with Crippen LogP contribution in [0.25, 0.3) is 0 Å². The van der Waals surface area contributed by atoms with Crippen LogP contribution in [0.5, 0.6) is 0 Å². The van der Waals surface area contributed by atoms with Crippen molar-refractivity contribution in [2.75, 3.05) is 0 Å². The van der Waals surface area contributed by atoms with Crippen molar-refractivity contribution in [3.05, 3.63) is 83.9 Å². The SMILES string of the molecule is C=C(C#N)[C@H](c1ccccc1)[C@@H](NC(=O)c1ccccc1)C(=O)O. The van der Waals surface area contributed by atoms with E-state index in [1.54, 1.807) is 60.7 Å². The molecule has 2 aromatic rings. The van der Waals surface area contributed by atoms with E-state index in [1.165, 1.54) is 0 Å². The molecule has 0 heterocycles. The Labute approximate surface area is 139 Å². The molecule has 0 spiro atoms. The number of rotatable bonds is 6. The summed E-state index contributed by atoms with van der Waals surface area (Å²) in [5, 5.41) is 21.3. The van der Waals surface area contributed by atoms with Crippen molar-refractivity contribution in [1.82, 2.24) is 5.32 Å². The molecule has 0 unspecified atom stereocenters. The van der Waals surface area contributed by atoms with Crippen LogP contribution < -0.4 is 5.32 Å². The molecule has 0 radical (unpaired) electrons. The lowest BCUT2D eigenvalue weighted by molar-refractivity contribution is -0.139. The van der Waals surface area contributed by atoms with Crippen LogP contribution in [0.3, 0.4) is 0 Å². The minimum atomic E-state index is -1.30. The Morgan fingerprint density at radius 3 is 2.08 bits per heavy atom. The third kappa shape index (κ3) is 3.87. The van der Waals surface area contributed by atoms with Crippen molar-refractivity contribution in [3.63, 3.8) is 0 Å². The number of hydrogen-bond donors (Lipinski definition) is 2. The zero-order valence-electron chi connectivity index (χ0n) is 12.8. The Hall–Kier alpha value is -3.39. The summed E-state index contributed by atoms with van der Waals surface area (Å²) in [6.45, 7) is 3.66. The molecule has 2 N–H and O–H groups in total. The first-order valence-corrected chi connectivity index (χ1v) is 7.27. The monoisotopic (exact) mass is 320 g/mol. The molecule has 0 aliphatic rings. The van der Waals surface area contributed by atoms with E-state index in [0.29, 0.717) is 11.1 Å². The molecule has 120 valence electrons. The molecule has 5 heteroatoms. The zero-order valence-corrected chi connectivity index (χ0v) is 12.8. The van der Waals surface area contributed by atoms with Crippen LogP contribution in [0.2, 0.25) is 0 Å². The molecule has 0 bridgehead atoms. The fourth-order valence-corrected chi connectivity index (χ4v) is 2.43. The van der Waals surface area contributed by atoms with Crippen LogP contribution in [0.15, 0.2) is 72.8 Å². The molecule has 0 saturated carbocycles. The maximum absolute atomic E-state index is 12.3. The first kappa shape index (κ1) is 17.0. The van der Waals surface area contributed by atoms with E-state index in [1.807, 2.05) is 6.07 Å². The number of benzene rings is 2. The van der Waals surface area contributed by atoms with E-state index in [0.717, 1.165) is 0 Å². The first-order valence-electron chi connectivity index (χ1n) is 7.27. The summed E-state index contributed by atoms with van der Waals surface area (Å²) in [6, 6.07) is 17.6. The van der Waals surface area contributed by atoms with Gasteiger partial charge in [-0.3, -0.25) is 4.79 Å². The quantitative estimate of drug-likeness (QED) is 0.801. The number of nitrogens with one attached hydrogen (secondary N) is 1. The molecule has 1 amide bonds. The Bertz CT molecular complexity index is 779. The number of carbonyl (C=O) groups is 2. The van der Waals surface area contributed by atoms with E-state index >= 15 is 0 Å². The Balaban J connectivity index is 2.36. The maximum Gasteiger partial charge on any atom is 0.327 e. The van der Waals surface area contributed by atoms with Crippen LogP contribution in [-0.4, -0.2) is 23.0 Å². The van der Waals surface area contributed by atoms with Gasteiger partial charge in [-0.25, -0.2) is 4.79 Å². The second kappa shape index (κ2) is 7.75. The summed E-state index contributed by atoms with van der Waals surface area (Å²) in [5.74, 6) is -2.60. The lowest BCUT2D eigenvalue weighted by Crippen LogP contribution is -2.45. The van der Waals surface area contributed by atoms with Gasteiger partial charge < -0.3 is 10.4 Å². The molecule has 0 aromatic heterocycles. The Morgan fingerprint density at radius 2 is 1.58 bits per heavy atom. The number of carbonyl (C=O) groups excluding carboxylic acids is 1. The van der Waals surface area contributed by atoms with Gasteiger partial charge in [0.2, 0.25) is 0 Å². The molecular formula is C19H16N2O3. The Morgan fingerprint density at radius 1 is 1.04 bits per heavy atom. The Kier molecular flexibility index (Phi) is 5.48. The molecule has 0 fully saturated rings. The topological polar surface area (TPSA) is 90.2 Å². The second-order valence-electron chi connectivity index (χ2n) is 5.18. The highest BCUT2D eigenvalue weighted by molar-refractivity contribution is 5.97. The minimum absolute atomic E-state index is 0.0713. The fourth-order valence-electron chi connectivity index (χ4n) is 2.43. The molecule has 24 heavy (non-hydrogen) atoms. The molecule has 2 aromatic carbocycles. The lowest BCUT2D eigenvalue weighted by atomic mass is 9.85. The average molecular weight is 320 g/mol. The molecular weight excluding hydrogens is 304 g/mol. The van der Waals surface area contributed by atoms with Gasteiger partial charge in [0.05, 0.1) is 6.07 Å². The smallest absolute Gasteiger partial charge is 0.327 e. The standard InChI is InChI=1S/C19H16N2O3/c1-13(12-20)16(14-8-4-2-5-9-14)17(19(23)24)21-18(22)15-10-6-3-7-11-15/h2-11,16-17H,1H2,(H,21,22)(H,23,24)/t16-,17-/m1/s1. The summed E-state index contributed by atoms with van der Waals surface area (Å²) < 4.78 is 0. The molecule has 0 saturated heterocycles. The molecule has 2 atom stereocenters. The second-order valence-corrected chi connectivity index (χ2v) is 5.18. The summed E-state index contributed by atoms with van der Waals surface area (Å²) in [6.07, 6.45) is 0. The molecule has 0 aliphatic carbocycles. The van der Waals surface area contributed by atoms with Crippen molar-refractivity contribution < 1.29 is 14.7 Å². The van der Waals surface area contributed by atoms with Gasteiger partial charge in [-0.15, -0.1) is 0 Å². The van der Waals surface area contributed by atoms with Crippen molar-refractivity contribution >= 4 is 11.9 Å². The number of aliphatic carboxylic acids is 1. The van der Waals surface area contributed by atoms with E-state index in [4.69, 9.17) is 0 Å². The number of hydrogen-bond acceptors (Lipinski definition) is 3. The van der Waals surface area contributed by atoms with Gasteiger partial charge in [-0.2, -0.15) is 5.26 Å². The number of nitriles is 1. The number of amides is 1. The van der Waals surface area contributed by atoms with Gasteiger partial charge >= 0.3 is 5.97 Å². The van der Waals surface area contributed by atoms with Gasteiger partial charge in [0.1, 0.15) is 6.04 Å². The average Bonchev–Trinajstić information content (AvgIpc) is 2.62. The minimum Gasteiger partial charge on any atom is -0.480 e. The van der Waals surface area contributed by atoms with Gasteiger partial charge in [0.25, 0.3) is 5.91 Å². The summed E-state index contributed by atoms with van der Waals surface area (Å²) >= 11 is 0. The highest BCUT2D eigenvalue weighted by atomic mass is 16.4.